The minimum Gasteiger partial charge on any atom is -0.363 e. The van der Waals surface area contributed by atoms with Gasteiger partial charge in [-0.2, -0.15) is 0 Å². The number of aromatic nitrogens is 1. The second-order valence-electron chi connectivity index (χ2n) is 5.45. The number of rotatable bonds is 4. The van der Waals surface area contributed by atoms with Gasteiger partial charge in [0, 0.05) is 12.1 Å². The molecule has 0 aliphatic carbocycles. The zero-order valence-electron chi connectivity index (χ0n) is 13.1. The second-order valence-corrected chi connectivity index (χ2v) is 7.37. The molecule has 0 radical (unpaired) electrons. The Morgan fingerprint density at radius 1 is 1.04 bits per heavy atom. The van der Waals surface area contributed by atoms with Crippen LogP contribution in [-0.4, -0.2) is 18.6 Å². The van der Waals surface area contributed by atoms with E-state index >= 15 is 0 Å². The summed E-state index contributed by atoms with van der Waals surface area (Å²) in [7, 11) is -10.7. The normalized spacial score (nSPS) is 19.8. The summed E-state index contributed by atoms with van der Waals surface area (Å²) in [6.45, 7) is 0.520. The fraction of sp³-hybridized carbons (Fsp3) is 0.200. The predicted molar refractivity (Wildman–Crippen MR) is 82.7 cm³/mol. The van der Waals surface area contributed by atoms with E-state index in [1.807, 2.05) is 54.7 Å². The van der Waals surface area contributed by atoms with Crippen molar-refractivity contribution in [2.45, 2.75) is 12.1 Å². The summed E-state index contributed by atoms with van der Waals surface area (Å²) >= 11 is 0. The Hall–Kier alpha value is -2.19. The molecule has 1 aromatic heterocycles. The minimum atomic E-state index is -10.7. The summed E-state index contributed by atoms with van der Waals surface area (Å²) in [6.07, 6.45) is 1.57. The summed E-state index contributed by atoms with van der Waals surface area (Å²) in [5.41, 5.74) is 1.99. The molecule has 1 amide bonds. The Bertz CT molecular complexity index is 701. The first-order chi connectivity index (χ1) is 11.8. The molecule has 1 fully saturated rings. The molecule has 2 heterocycles. The van der Waals surface area contributed by atoms with Crippen molar-refractivity contribution < 1.29 is 39.7 Å². The van der Waals surface area contributed by atoms with Crippen LogP contribution in [-0.2, 0) is 9.53 Å². The van der Waals surface area contributed by atoms with E-state index in [1.54, 1.807) is 0 Å². The molecule has 0 saturated carbocycles. The smallest absolute Gasteiger partial charge is 0.252 e. The average molecular weight is 400 g/mol. The topological polar surface area (TPSA) is 55.8 Å². The number of hydrogen-bond acceptors (Lipinski definition) is 2. The maximum atomic E-state index is 11.9. The van der Waals surface area contributed by atoms with Crippen LogP contribution >= 0.6 is 7.81 Å². The van der Waals surface area contributed by atoms with Gasteiger partial charge in [-0.25, -0.2) is 4.98 Å². The van der Waals surface area contributed by atoms with Crippen molar-refractivity contribution in [1.82, 2.24) is 5.32 Å². The van der Waals surface area contributed by atoms with Crippen LogP contribution in [0.1, 0.15) is 17.3 Å². The number of pyridine rings is 1. The molecule has 144 valence electrons. The van der Waals surface area contributed by atoms with Gasteiger partial charge in [0.2, 0.25) is 5.69 Å². The summed E-state index contributed by atoms with van der Waals surface area (Å²) in [5, 5.41) is 3.02. The van der Waals surface area contributed by atoms with Gasteiger partial charge in [0.1, 0.15) is 6.04 Å². The van der Waals surface area contributed by atoms with E-state index in [0.717, 1.165) is 11.3 Å². The fourth-order valence-corrected chi connectivity index (χ4v) is 2.01. The molecule has 2 unspecified atom stereocenters. The van der Waals surface area contributed by atoms with Gasteiger partial charge in [-0.1, -0.05) is 36.4 Å². The van der Waals surface area contributed by atoms with Crippen molar-refractivity contribution in [2.75, 3.05) is 6.61 Å². The van der Waals surface area contributed by atoms with Gasteiger partial charge >= 0.3 is 33.0 Å². The standard InChI is InChI=1S/C15H14N2O2.F6P/c18-15(13-10-19-13)17-14(11-6-2-1-3-7-11)12-8-4-5-9-16-12;1-7(2,3,4,5)6/h1-9,13-14H,10H2,(H,17,18);/q;-1/p+1. The monoisotopic (exact) mass is 400 g/mol. The summed E-state index contributed by atoms with van der Waals surface area (Å²) in [4.78, 5) is 15.1. The Kier molecular flexibility index (Phi) is 5.04. The first-order valence-corrected chi connectivity index (χ1v) is 9.32. The summed E-state index contributed by atoms with van der Waals surface area (Å²) in [6, 6.07) is 15.5. The molecule has 3 rings (SSSR count). The number of carbonyl (C=O) groups excluding carboxylic acids is 1. The Morgan fingerprint density at radius 3 is 2.04 bits per heavy atom. The molecule has 0 bridgehead atoms. The van der Waals surface area contributed by atoms with Crippen molar-refractivity contribution >= 4 is 13.7 Å². The maximum absolute atomic E-state index is 11.9. The van der Waals surface area contributed by atoms with Crippen LogP contribution in [0.15, 0.2) is 54.7 Å². The molecule has 1 aliphatic heterocycles. The van der Waals surface area contributed by atoms with E-state index < -0.39 is 7.81 Å². The quantitative estimate of drug-likeness (QED) is 0.467. The number of ether oxygens (including phenoxy) is 1. The van der Waals surface area contributed by atoms with Crippen molar-refractivity contribution in [3.05, 3.63) is 66.0 Å². The van der Waals surface area contributed by atoms with E-state index in [9.17, 15) is 30.0 Å². The molecule has 1 saturated heterocycles. The van der Waals surface area contributed by atoms with Gasteiger partial charge in [0.05, 0.1) is 6.61 Å². The number of epoxide rings is 1. The molecule has 2 atom stereocenters. The van der Waals surface area contributed by atoms with Gasteiger partial charge in [0.15, 0.2) is 12.3 Å². The summed E-state index contributed by atoms with van der Waals surface area (Å²) < 4.78 is 64.2. The Balaban J connectivity index is 0.000000298. The number of halogens is 6. The number of nitrogens with one attached hydrogen (secondary N) is 2. The van der Waals surface area contributed by atoms with E-state index in [4.69, 9.17) is 4.74 Å². The van der Waals surface area contributed by atoms with Crippen molar-refractivity contribution in [3.63, 3.8) is 0 Å². The number of aromatic amines is 1. The molecule has 2 aromatic rings. The average Bonchev–Trinajstić information content (AvgIpc) is 3.36. The third-order valence-corrected chi connectivity index (χ3v) is 3.09. The summed E-state index contributed by atoms with van der Waals surface area (Å²) in [5.74, 6) is -0.0638. The molecule has 2 N–H and O–H groups in total. The SMILES string of the molecule is F[P-](F)(F)(F)(F)F.O=C(NC(c1ccccc1)c1cccc[nH+]1)C1CO1. The molecule has 26 heavy (non-hydrogen) atoms. The van der Waals surface area contributed by atoms with E-state index in [2.05, 4.69) is 10.3 Å². The van der Waals surface area contributed by atoms with Gasteiger partial charge in [0.25, 0.3) is 5.91 Å². The van der Waals surface area contributed by atoms with Crippen LogP contribution in [0.4, 0.5) is 25.2 Å². The van der Waals surface area contributed by atoms with Gasteiger partial charge in [-0.05, 0) is 5.56 Å². The second kappa shape index (κ2) is 6.51. The number of carbonyl (C=O) groups is 1. The predicted octanol–water partition coefficient (Wildman–Crippen LogP) is 4.49. The van der Waals surface area contributed by atoms with Crippen LogP contribution in [0.2, 0.25) is 0 Å². The van der Waals surface area contributed by atoms with Crippen LogP contribution in [0, 0.1) is 0 Å². The molecule has 0 spiro atoms. The number of hydrogen-bond donors (Lipinski definition) is 1. The Morgan fingerprint density at radius 2 is 1.58 bits per heavy atom. The van der Waals surface area contributed by atoms with Crippen molar-refractivity contribution in [1.29, 1.82) is 0 Å². The molecular weight excluding hydrogens is 385 g/mol. The van der Waals surface area contributed by atoms with E-state index in [-0.39, 0.29) is 18.1 Å². The molecule has 4 nitrogen and oxygen atoms in total. The number of benzene rings is 1. The van der Waals surface area contributed by atoms with Crippen LogP contribution in [0.25, 0.3) is 0 Å². The van der Waals surface area contributed by atoms with Gasteiger partial charge in [-0.3, -0.25) is 4.79 Å². The van der Waals surface area contributed by atoms with Crippen LogP contribution in [0.5, 0.6) is 0 Å². The van der Waals surface area contributed by atoms with Crippen LogP contribution in [0.3, 0.4) is 0 Å². The minimum absolute atomic E-state index is 0.0638. The molecule has 1 aromatic carbocycles. The molecule has 11 heteroatoms. The molecule has 1 aliphatic rings. The third-order valence-electron chi connectivity index (χ3n) is 3.09. The number of H-pyrrole nitrogens is 1. The van der Waals surface area contributed by atoms with Gasteiger partial charge < -0.3 is 10.1 Å². The first-order valence-electron chi connectivity index (χ1n) is 7.29. The zero-order valence-corrected chi connectivity index (χ0v) is 14.0. The number of amides is 1. The largest absolute Gasteiger partial charge is 0.363 e. The van der Waals surface area contributed by atoms with E-state index in [1.165, 1.54) is 0 Å². The van der Waals surface area contributed by atoms with Crippen molar-refractivity contribution in [2.24, 2.45) is 0 Å². The fourth-order valence-electron chi connectivity index (χ4n) is 2.01. The zero-order chi connectivity index (χ0) is 19.5. The van der Waals surface area contributed by atoms with Crippen molar-refractivity contribution in [3.8, 4) is 0 Å². The van der Waals surface area contributed by atoms with Gasteiger partial charge in [-0.15, -0.1) is 0 Å². The first kappa shape index (κ1) is 20.1. The van der Waals surface area contributed by atoms with E-state index in [0.29, 0.717) is 6.61 Å². The third kappa shape index (κ3) is 8.77. The Labute approximate surface area is 144 Å². The maximum Gasteiger partial charge on any atom is 0.252 e. The molecular formula is C15H15F6N2O2P. The van der Waals surface area contributed by atoms with Crippen LogP contribution < -0.4 is 10.3 Å².